The maximum absolute atomic E-state index is 12.7. The first-order valence-electron chi connectivity index (χ1n) is 8.81. The van der Waals surface area contributed by atoms with E-state index in [1.807, 2.05) is 19.1 Å². The number of carbonyl (C=O) groups is 1. The van der Waals surface area contributed by atoms with Gasteiger partial charge in [0.1, 0.15) is 5.56 Å². The first-order chi connectivity index (χ1) is 12.5. The number of hydrogen-bond acceptors (Lipinski definition) is 4. The zero-order valence-electron chi connectivity index (χ0n) is 15.8. The van der Waals surface area contributed by atoms with Gasteiger partial charge in [0.15, 0.2) is 11.5 Å². The third-order valence-electron chi connectivity index (χ3n) is 5.01. The van der Waals surface area contributed by atoms with Crippen molar-refractivity contribution in [2.24, 2.45) is 0 Å². The molecule has 1 unspecified atom stereocenters. The second-order valence-electron chi connectivity index (χ2n) is 6.34. The third-order valence-corrected chi connectivity index (χ3v) is 5.47. The van der Waals surface area contributed by atoms with Crippen LogP contribution in [0.1, 0.15) is 47.9 Å². The van der Waals surface area contributed by atoms with Crippen LogP contribution in [0.3, 0.4) is 0 Å². The maximum Gasteiger partial charge on any atom is 0.341 e. The molecule has 3 rings (SSSR count). The highest BCUT2D eigenvalue weighted by molar-refractivity contribution is 6.35. The first-order valence-corrected chi connectivity index (χ1v) is 9.18. The topological polar surface area (TPSA) is 49.7 Å². The molecule has 0 saturated carbocycles. The van der Waals surface area contributed by atoms with Crippen LogP contribution in [-0.4, -0.2) is 31.4 Å². The van der Waals surface area contributed by atoms with Crippen LogP contribution in [0.15, 0.2) is 12.1 Å². The Morgan fingerprint density at radius 2 is 1.88 bits per heavy atom. The first kappa shape index (κ1) is 18.6. The number of halogens is 1. The van der Waals surface area contributed by atoms with Crippen molar-refractivity contribution in [3.05, 3.63) is 34.0 Å². The summed E-state index contributed by atoms with van der Waals surface area (Å²) in [5.74, 6) is 0.908. The monoisotopic (exact) mass is 377 g/mol. The quantitative estimate of drug-likeness (QED) is 0.701. The second-order valence-corrected chi connectivity index (χ2v) is 6.72. The Hall–Kier alpha value is -2.14. The van der Waals surface area contributed by atoms with Crippen molar-refractivity contribution in [1.29, 1.82) is 0 Å². The van der Waals surface area contributed by atoms with Gasteiger partial charge in [0.05, 0.1) is 31.5 Å². The van der Waals surface area contributed by atoms with Crippen molar-refractivity contribution in [3.63, 3.8) is 0 Å². The van der Waals surface area contributed by atoms with Gasteiger partial charge < -0.3 is 18.8 Å². The molecule has 0 fully saturated rings. The van der Waals surface area contributed by atoms with Crippen molar-refractivity contribution < 1.29 is 19.0 Å². The Bertz CT molecular complexity index is 856. The van der Waals surface area contributed by atoms with Gasteiger partial charge >= 0.3 is 5.97 Å². The lowest BCUT2D eigenvalue weighted by Crippen LogP contribution is -2.20. The molecule has 1 atom stereocenters. The minimum Gasteiger partial charge on any atom is -0.493 e. The fraction of sp³-hybridized carbons (Fsp3) is 0.450. The molecule has 6 heteroatoms. The van der Waals surface area contributed by atoms with E-state index in [4.69, 9.17) is 25.8 Å². The van der Waals surface area contributed by atoms with Gasteiger partial charge in [-0.2, -0.15) is 0 Å². The molecule has 0 radical (unpaired) electrons. The number of ether oxygens (including phenoxy) is 3. The number of carbonyl (C=O) groups excluding carboxylic acids is 1. The Kier molecular flexibility index (Phi) is 5.19. The van der Waals surface area contributed by atoms with Gasteiger partial charge in [0, 0.05) is 17.3 Å². The minimum absolute atomic E-state index is 0.219. The molecule has 2 heterocycles. The number of hydrogen-bond donors (Lipinski definition) is 0. The highest BCUT2D eigenvalue weighted by Gasteiger charge is 2.34. The zero-order chi connectivity index (χ0) is 19.0. The van der Waals surface area contributed by atoms with Gasteiger partial charge in [0.25, 0.3) is 0 Å². The van der Waals surface area contributed by atoms with Gasteiger partial charge in [0.2, 0.25) is 0 Å². The fourth-order valence-corrected chi connectivity index (χ4v) is 4.03. The van der Waals surface area contributed by atoms with Crippen LogP contribution < -0.4 is 9.47 Å². The minimum atomic E-state index is -0.396. The average Bonchev–Trinajstić information content (AvgIpc) is 2.91. The number of esters is 1. The fourth-order valence-electron chi connectivity index (χ4n) is 3.77. The van der Waals surface area contributed by atoms with Crippen molar-refractivity contribution in [2.45, 2.75) is 39.7 Å². The smallest absolute Gasteiger partial charge is 0.341 e. The van der Waals surface area contributed by atoms with Gasteiger partial charge in [-0.3, -0.25) is 0 Å². The van der Waals surface area contributed by atoms with Gasteiger partial charge in [-0.1, -0.05) is 18.5 Å². The van der Waals surface area contributed by atoms with E-state index in [0.29, 0.717) is 28.7 Å². The Balaban J connectivity index is 2.33. The molecule has 0 spiro atoms. The van der Waals surface area contributed by atoms with E-state index in [1.165, 1.54) is 0 Å². The number of nitrogens with zero attached hydrogens (tertiary/aromatic N) is 1. The lowest BCUT2D eigenvalue weighted by molar-refractivity contribution is 0.0527. The van der Waals surface area contributed by atoms with Crippen LogP contribution in [0.4, 0.5) is 0 Å². The van der Waals surface area contributed by atoms with E-state index in [0.717, 1.165) is 35.4 Å². The molecular weight excluding hydrogens is 354 g/mol. The van der Waals surface area contributed by atoms with E-state index in [2.05, 4.69) is 11.5 Å². The SMILES string of the molecule is CCOC(=O)c1c(Cl)c(C)n2c1-c1cc(OC)c(OC)cc1CC2CC. The van der Waals surface area contributed by atoms with Crippen molar-refractivity contribution in [1.82, 2.24) is 4.57 Å². The van der Waals surface area contributed by atoms with Crippen LogP contribution >= 0.6 is 11.6 Å². The standard InChI is InChI=1S/C20H24ClNO4/c1-6-13-8-12-9-15(24-4)16(25-5)10-14(12)19-17(20(23)26-7-2)18(21)11(3)22(13)19/h9-10,13H,6-8H2,1-5H3. The van der Waals surface area contributed by atoms with Crippen molar-refractivity contribution in [2.75, 3.05) is 20.8 Å². The number of fused-ring (bicyclic) bond motifs is 3. The molecule has 0 saturated heterocycles. The second kappa shape index (κ2) is 7.23. The molecule has 26 heavy (non-hydrogen) atoms. The molecule has 1 aromatic carbocycles. The molecule has 2 aromatic rings. The molecule has 0 N–H and O–H groups in total. The van der Waals surface area contributed by atoms with Crippen LogP contribution in [0.2, 0.25) is 5.02 Å². The summed E-state index contributed by atoms with van der Waals surface area (Å²) in [6.45, 7) is 6.17. The normalized spacial score (nSPS) is 15.2. The Morgan fingerprint density at radius 3 is 2.46 bits per heavy atom. The predicted octanol–water partition coefficient (Wildman–Crippen LogP) is 4.82. The van der Waals surface area contributed by atoms with Crippen LogP contribution in [0, 0.1) is 6.92 Å². The van der Waals surface area contributed by atoms with Crippen molar-refractivity contribution >= 4 is 17.6 Å². The largest absolute Gasteiger partial charge is 0.493 e. The molecule has 0 bridgehead atoms. The Morgan fingerprint density at radius 1 is 1.23 bits per heavy atom. The van der Waals surface area contributed by atoms with E-state index in [9.17, 15) is 4.79 Å². The van der Waals surface area contributed by atoms with E-state index >= 15 is 0 Å². The average molecular weight is 378 g/mol. The predicted molar refractivity (Wildman–Crippen MR) is 102 cm³/mol. The molecule has 140 valence electrons. The zero-order valence-corrected chi connectivity index (χ0v) is 16.6. The van der Waals surface area contributed by atoms with E-state index < -0.39 is 5.97 Å². The van der Waals surface area contributed by atoms with Gasteiger partial charge in [-0.15, -0.1) is 0 Å². The molecule has 5 nitrogen and oxygen atoms in total. The molecule has 1 aliphatic heterocycles. The summed E-state index contributed by atoms with van der Waals surface area (Å²) in [7, 11) is 3.23. The van der Waals surface area contributed by atoms with Crippen LogP contribution in [-0.2, 0) is 11.2 Å². The summed E-state index contributed by atoms with van der Waals surface area (Å²) in [4.78, 5) is 12.7. The molecule has 1 aromatic heterocycles. The molecule has 1 aliphatic rings. The summed E-state index contributed by atoms with van der Waals surface area (Å²) in [5, 5.41) is 0.458. The lowest BCUT2D eigenvalue weighted by Gasteiger charge is -2.30. The molecular formula is C20H24ClNO4. The summed E-state index contributed by atoms with van der Waals surface area (Å²) in [6.07, 6.45) is 1.77. The van der Waals surface area contributed by atoms with Crippen LogP contribution in [0.25, 0.3) is 11.3 Å². The third kappa shape index (κ3) is 2.75. The number of rotatable bonds is 5. The number of benzene rings is 1. The lowest BCUT2D eigenvalue weighted by atomic mass is 9.90. The van der Waals surface area contributed by atoms with E-state index in [-0.39, 0.29) is 6.04 Å². The molecule has 0 amide bonds. The number of methoxy groups -OCH3 is 2. The van der Waals surface area contributed by atoms with Gasteiger partial charge in [-0.25, -0.2) is 4.79 Å². The summed E-state index contributed by atoms with van der Waals surface area (Å²) in [5.41, 5.74) is 4.17. The Labute approximate surface area is 158 Å². The van der Waals surface area contributed by atoms with E-state index in [1.54, 1.807) is 21.1 Å². The number of aromatic nitrogens is 1. The van der Waals surface area contributed by atoms with Crippen LogP contribution in [0.5, 0.6) is 11.5 Å². The highest BCUT2D eigenvalue weighted by atomic mass is 35.5. The summed E-state index contributed by atoms with van der Waals surface area (Å²) < 4.78 is 18.4. The highest BCUT2D eigenvalue weighted by Crippen LogP contribution is 2.47. The van der Waals surface area contributed by atoms with Crippen molar-refractivity contribution in [3.8, 4) is 22.8 Å². The maximum atomic E-state index is 12.7. The van der Waals surface area contributed by atoms with Gasteiger partial charge in [-0.05, 0) is 44.4 Å². The molecule has 0 aliphatic carbocycles. The summed E-state index contributed by atoms with van der Waals surface area (Å²) in [6, 6.07) is 4.13. The summed E-state index contributed by atoms with van der Waals surface area (Å²) >= 11 is 6.58.